The first-order valence-corrected chi connectivity index (χ1v) is 8.32. The maximum absolute atomic E-state index is 5.89. The van der Waals surface area contributed by atoms with Gasteiger partial charge in [-0.1, -0.05) is 0 Å². The molecule has 44 valence electrons. The molecule has 0 aromatic carbocycles. The van der Waals surface area contributed by atoms with Crippen LogP contribution >= 0.6 is 18.2 Å². The Morgan fingerprint density at radius 2 is 2.29 bits per heavy atom. The molecule has 1 heterocycles. The van der Waals surface area contributed by atoms with Gasteiger partial charge in [0.15, 0.2) is 0 Å². The monoisotopic (exact) mass is 213 g/mol. The molecule has 0 saturated heterocycles. The third kappa shape index (κ3) is 0.865. The van der Waals surface area contributed by atoms with Crippen LogP contribution in [0.1, 0.15) is 13.3 Å². The van der Waals surface area contributed by atoms with Gasteiger partial charge in [-0.2, -0.15) is 0 Å². The van der Waals surface area contributed by atoms with Crippen LogP contribution in [0.4, 0.5) is 0 Å². The molecule has 0 aromatic rings. The van der Waals surface area contributed by atoms with Gasteiger partial charge < -0.3 is 0 Å². The Morgan fingerprint density at radius 3 is 2.29 bits per heavy atom. The second-order valence-electron chi connectivity index (χ2n) is 2.20. The molecular weight excluding hydrogens is 201 g/mol. The third-order valence-corrected chi connectivity index (χ3v) is 9.05. The molecule has 0 bridgehead atoms. The zero-order chi connectivity index (χ0) is 5.49. The van der Waals surface area contributed by atoms with Crippen molar-refractivity contribution >= 4 is 22.2 Å². The molecule has 1 rings (SSSR count). The maximum atomic E-state index is 5.89. The van der Waals surface area contributed by atoms with Gasteiger partial charge in [0, 0.05) is 0 Å². The van der Waals surface area contributed by atoms with Crippen LogP contribution in [0, 0.1) is 0 Å². The molecule has 2 unspecified atom stereocenters. The van der Waals surface area contributed by atoms with Crippen molar-refractivity contribution in [1.29, 1.82) is 0 Å². The summed E-state index contributed by atoms with van der Waals surface area (Å²) in [6, 6.07) is 0. The summed E-state index contributed by atoms with van der Waals surface area (Å²) in [5.41, 5.74) is 0. The van der Waals surface area contributed by atoms with Crippen LogP contribution in [-0.2, 0) is 0 Å². The van der Waals surface area contributed by atoms with Crippen molar-refractivity contribution in [3.63, 3.8) is 0 Å². The summed E-state index contributed by atoms with van der Waals surface area (Å²) in [5, 5.41) is 0. The predicted molar refractivity (Wildman–Crippen MR) is 44.3 cm³/mol. The van der Waals surface area contributed by atoms with Crippen molar-refractivity contribution in [2.75, 3.05) is 4.93 Å². The quantitative estimate of drug-likeness (QED) is 0.364. The minimum absolute atomic E-state index is 0.881. The Kier molecular flexibility index (Phi) is 1.23. The summed E-state index contributed by atoms with van der Waals surface area (Å²) >= 11 is -1.54. The molecule has 2 atom stereocenters. The van der Waals surface area contributed by atoms with Crippen LogP contribution in [-0.4, -0.2) is 12.9 Å². The molecule has 0 amide bonds. The number of nitrogens with two attached hydrogens (primary N) is 1. The molecule has 0 aromatic heterocycles. The van der Waals surface area contributed by atoms with Crippen molar-refractivity contribution in [1.82, 2.24) is 0 Å². The fourth-order valence-corrected chi connectivity index (χ4v) is 3.68. The van der Waals surface area contributed by atoms with Crippen molar-refractivity contribution in [3.8, 4) is 0 Å². The average Bonchev–Trinajstić information content (AvgIpc) is 1.63. The zero-order valence-electron chi connectivity index (χ0n) is 4.82. The Labute approximate surface area is 48.6 Å². The van der Waals surface area contributed by atoms with E-state index in [1.54, 1.807) is 0 Å². The summed E-state index contributed by atoms with van der Waals surface area (Å²) < 4.78 is 9.12. The topological polar surface area (TPSA) is 26.0 Å². The van der Waals surface area contributed by atoms with E-state index in [4.69, 9.17) is 3.95 Å². The Morgan fingerprint density at radius 1 is 1.86 bits per heavy atom. The van der Waals surface area contributed by atoms with E-state index < -0.39 is 18.2 Å². The van der Waals surface area contributed by atoms with E-state index in [2.05, 4.69) is 15.9 Å². The Hall–Kier alpha value is 0.560. The number of halogens is 1. The molecule has 2 N–H and O–H groups in total. The zero-order valence-corrected chi connectivity index (χ0v) is 6.97. The van der Waals surface area contributed by atoms with Gasteiger partial charge in [-0.3, -0.25) is 0 Å². The van der Waals surface area contributed by atoms with E-state index in [0.717, 1.165) is 3.92 Å². The van der Waals surface area contributed by atoms with E-state index >= 15 is 0 Å². The molecular formula is C5H12IN. The normalized spacial score (nSPS) is 59.0. The fraction of sp³-hybridized carbons (Fsp3) is 0.800. The van der Waals surface area contributed by atoms with Gasteiger partial charge >= 0.3 is 48.4 Å². The summed E-state index contributed by atoms with van der Waals surface area (Å²) in [5.74, 6) is 0. The number of alkyl halides is 2. The van der Waals surface area contributed by atoms with Crippen LogP contribution in [0.2, 0.25) is 0 Å². The van der Waals surface area contributed by atoms with Gasteiger partial charge in [-0.25, -0.2) is 0 Å². The Balaban J connectivity index is 2.74. The van der Waals surface area contributed by atoms with E-state index in [0.29, 0.717) is 0 Å². The van der Waals surface area contributed by atoms with E-state index in [1.807, 2.05) is 0 Å². The summed E-state index contributed by atoms with van der Waals surface area (Å²) in [4.78, 5) is 2.25. The van der Waals surface area contributed by atoms with Crippen molar-refractivity contribution in [2.45, 2.75) is 17.3 Å². The number of hydrogen-bond donors (Lipinski definition) is 1. The van der Waals surface area contributed by atoms with Crippen LogP contribution in [0.3, 0.4) is 0 Å². The van der Waals surface area contributed by atoms with Gasteiger partial charge in [-0.05, 0) is 0 Å². The van der Waals surface area contributed by atoms with E-state index in [1.165, 1.54) is 6.42 Å². The van der Waals surface area contributed by atoms with E-state index in [-0.39, 0.29) is 0 Å². The SMILES string of the molecule is CC1CC=I1(C)N. The standard InChI is InChI=1S/C5H12IN/c1-5-3-4-6(5,2)7/h4-5H,3,7H2,1-2H3. The van der Waals surface area contributed by atoms with Gasteiger partial charge in [0.2, 0.25) is 0 Å². The summed E-state index contributed by atoms with van der Waals surface area (Å²) in [6.45, 7) is 2.26. The van der Waals surface area contributed by atoms with Crippen LogP contribution < -0.4 is 3.95 Å². The van der Waals surface area contributed by atoms with Crippen molar-refractivity contribution < 1.29 is 0 Å². The van der Waals surface area contributed by atoms with Crippen LogP contribution in [0.5, 0.6) is 0 Å². The average molecular weight is 213 g/mol. The molecule has 2 heteroatoms. The van der Waals surface area contributed by atoms with Gasteiger partial charge in [-0.15, -0.1) is 0 Å². The van der Waals surface area contributed by atoms with Crippen LogP contribution in [0.25, 0.3) is 0 Å². The molecule has 7 heavy (non-hydrogen) atoms. The van der Waals surface area contributed by atoms with Crippen molar-refractivity contribution in [2.24, 2.45) is 3.95 Å². The van der Waals surface area contributed by atoms with Gasteiger partial charge in [0.1, 0.15) is 0 Å². The predicted octanol–water partition coefficient (Wildman–Crippen LogP) is 1.13. The number of hydrogen-bond acceptors (Lipinski definition) is 1. The Bertz CT molecular complexity index is 122. The van der Waals surface area contributed by atoms with E-state index in [9.17, 15) is 0 Å². The molecule has 0 saturated carbocycles. The second kappa shape index (κ2) is 1.52. The summed E-state index contributed by atoms with van der Waals surface area (Å²) in [6.07, 6.45) is 1.28. The summed E-state index contributed by atoms with van der Waals surface area (Å²) in [7, 11) is 0. The van der Waals surface area contributed by atoms with Gasteiger partial charge in [0.05, 0.1) is 0 Å². The van der Waals surface area contributed by atoms with Crippen molar-refractivity contribution in [3.05, 3.63) is 0 Å². The molecule has 1 aliphatic heterocycles. The first-order valence-electron chi connectivity index (χ1n) is 2.43. The molecule has 0 spiro atoms. The molecule has 0 radical (unpaired) electrons. The third-order valence-electron chi connectivity index (χ3n) is 1.55. The molecule has 1 nitrogen and oxygen atoms in total. The minimum atomic E-state index is -1.54. The van der Waals surface area contributed by atoms with Crippen LogP contribution in [0.15, 0.2) is 0 Å². The first kappa shape index (κ1) is 5.69. The molecule has 1 aliphatic rings. The molecule has 0 fully saturated rings. The molecule has 0 aliphatic carbocycles. The first-order chi connectivity index (χ1) is 3.13. The second-order valence-corrected chi connectivity index (χ2v) is 11.1. The fourth-order valence-electron chi connectivity index (χ4n) is 0.548. The number of rotatable bonds is 0. The van der Waals surface area contributed by atoms with Gasteiger partial charge in [0.25, 0.3) is 0 Å².